The molecule has 0 unspecified atom stereocenters. The fourth-order valence-corrected chi connectivity index (χ4v) is 2.61. The number of halogens is 1. The van der Waals surface area contributed by atoms with Crippen molar-refractivity contribution in [3.63, 3.8) is 0 Å². The number of hydrogen-bond acceptors (Lipinski definition) is 3. The van der Waals surface area contributed by atoms with Gasteiger partial charge in [0.25, 0.3) is 5.91 Å². The summed E-state index contributed by atoms with van der Waals surface area (Å²) in [6, 6.07) is 11.6. The molecule has 2 N–H and O–H groups in total. The van der Waals surface area contributed by atoms with Crippen molar-refractivity contribution < 1.29 is 9.18 Å². The number of amides is 1. The van der Waals surface area contributed by atoms with E-state index in [2.05, 4.69) is 4.90 Å². The molecule has 4 nitrogen and oxygen atoms in total. The van der Waals surface area contributed by atoms with Crippen molar-refractivity contribution in [2.75, 3.05) is 35.7 Å². The van der Waals surface area contributed by atoms with Gasteiger partial charge < -0.3 is 15.5 Å². The zero-order valence-corrected chi connectivity index (χ0v) is 11.7. The first-order chi connectivity index (χ1) is 10.1. The zero-order chi connectivity index (χ0) is 15.0. The number of nitrogens with zero attached hydrogens (tertiary/aromatic N) is 2. The van der Waals surface area contributed by atoms with Gasteiger partial charge in [-0.05, 0) is 30.3 Å². The van der Waals surface area contributed by atoms with Crippen molar-refractivity contribution in [2.45, 2.75) is 0 Å². The van der Waals surface area contributed by atoms with Gasteiger partial charge in [-0.25, -0.2) is 4.39 Å². The minimum absolute atomic E-state index is 0.234. The van der Waals surface area contributed by atoms with Crippen LogP contribution in [-0.2, 0) is 0 Å². The number of hydrogen-bond donors (Lipinski definition) is 1. The molecule has 2 aromatic carbocycles. The second-order valence-electron chi connectivity index (χ2n) is 5.14. The Morgan fingerprint density at radius 2 is 1.86 bits per heavy atom. The van der Waals surface area contributed by atoms with Gasteiger partial charge in [-0.15, -0.1) is 0 Å². The molecule has 1 aliphatic rings. The van der Waals surface area contributed by atoms with E-state index in [1.54, 1.807) is 4.90 Å². The first kappa shape index (κ1) is 13.4. The van der Waals surface area contributed by atoms with Gasteiger partial charge in [-0.2, -0.15) is 0 Å². The largest absolute Gasteiger partial charge is 0.399 e. The van der Waals surface area contributed by atoms with Gasteiger partial charge in [0.2, 0.25) is 0 Å². The van der Waals surface area contributed by atoms with Crippen LogP contribution in [0.4, 0.5) is 21.5 Å². The van der Waals surface area contributed by atoms with E-state index in [-0.39, 0.29) is 17.2 Å². The molecule has 0 fully saturated rings. The van der Waals surface area contributed by atoms with Crippen LogP contribution < -0.4 is 15.5 Å². The van der Waals surface area contributed by atoms with Gasteiger partial charge in [0.15, 0.2) is 0 Å². The Morgan fingerprint density at radius 3 is 2.57 bits per heavy atom. The van der Waals surface area contributed by atoms with Crippen molar-refractivity contribution in [1.29, 1.82) is 0 Å². The van der Waals surface area contributed by atoms with Gasteiger partial charge >= 0.3 is 0 Å². The van der Waals surface area contributed by atoms with Crippen LogP contribution in [0.15, 0.2) is 42.5 Å². The van der Waals surface area contributed by atoms with Crippen LogP contribution in [0.1, 0.15) is 10.4 Å². The lowest BCUT2D eigenvalue weighted by atomic mass is 10.1. The average Bonchev–Trinajstić information content (AvgIpc) is 2.46. The number of benzene rings is 2. The molecule has 1 amide bonds. The number of para-hydroxylation sites is 2. The molecule has 3 rings (SSSR count). The lowest BCUT2D eigenvalue weighted by Gasteiger charge is -2.35. The summed E-state index contributed by atoms with van der Waals surface area (Å²) in [5.41, 5.74) is 7.97. The molecule has 0 aliphatic carbocycles. The molecule has 21 heavy (non-hydrogen) atoms. The maximum atomic E-state index is 13.5. The van der Waals surface area contributed by atoms with Crippen molar-refractivity contribution >= 4 is 23.0 Å². The van der Waals surface area contributed by atoms with Crippen LogP contribution in [-0.4, -0.2) is 26.0 Å². The second-order valence-corrected chi connectivity index (χ2v) is 5.14. The number of likely N-dealkylation sites (N-methyl/N-ethyl adjacent to an activating group) is 1. The fourth-order valence-electron chi connectivity index (χ4n) is 2.61. The third-order valence-electron chi connectivity index (χ3n) is 3.66. The maximum Gasteiger partial charge on any atom is 0.258 e. The fraction of sp³-hybridized carbons (Fsp3) is 0.188. The molecule has 0 saturated carbocycles. The van der Waals surface area contributed by atoms with Gasteiger partial charge in [0.1, 0.15) is 5.82 Å². The van der Waals surface area contributed by atoms with Crippen LogP contribution >= 0.6 is 0 Å². The third kappa shape index (κ3) is 2.42. The quantitative estimate of drug-likeness (QED) is 0.819. The third-order valence-corrected chi connectivity index (χ3v) is 3.66. The highest BCUT2D eigenvalue weighted by Crippen LogP contribution is 2.32. The number of anilines is 3. The Balaban J connectivity index is 2.01. The topological polar surface area (TPSA) is 49.6 Å². The van der Waals surface area contributed by atoms with E-state index in [0.717, 1.165) is 17.9 Å². The van der Waals surface area contributed by atoms with E-state index in [0.29, 0.717) is 6.54 Å². The summed E-state index contributed by atoms with van der Waals surface area (Å²) < 4.78 is 13.5. The van der Waals surface area contributed by atoms with Gasteiger partial charge in [-0.1, -0.05) is 12.1 Å². The van der Waals surface area contributed by atoms with Crippen molar-refractivity contribution in [2.24, 2.45) is 0 Å². The highest BCUT2D eigenvalue weighted by Gasteiger charge is 2.26. The minimum Gasteiger partial charge on any atom is -0.399 e. The Morgan fingerprint density at radius 1 is 1.14 bits per heavy atom. The molecule has 0 aromatic heterocycles. The number of fused-ring (bicyclic) bond motifs is 1. The van der Waals surface area contributed by atoms with E-state index in [9.17, 15) is 9.18 Å². The van der Waals surface area contributed by atoms with E-state index in [4.69, 9.17) is 5.73 Å². The number of nitrogens with two attached hydrogens (primary N) is 1. The van der Waals surface area contributed by atoms with Crippen LogP contribution in [0.25, 0.3) is 0 Å². The smallest absolute Gasteiger partial charge is 0.258 e. The molecule has 0 radical (unpaired) electrons. The molecular formula is C16H16FN3O. The average molecular weight is 285 g/mol. The van der Waals surface area contributed by atoms with Crippen LogP contribution in [0.3, 0.4) is 0 Å². The SMILES string of the molecule is CN1CCN(C(=O)c2cc(N)cc(F)c2)c2ccccc21. The molecule has 1 aliphatic heterocycles. The second kappa shape index (κ2) is 5.09. The monoisotopic (exact) mass is 285 g/mol. The molecule has 0 bridgehead atoms. The molecule has 108 valence electrons. The Labute approximate surface area is 122 Å². The molecule has 2 aromatic rings. The summed E-state index contributed by atoms with van der Waals surface area (Å²) >= 11 is 0. The summed E-state index contributed by atoms with van der Waals surface area (Å²) in [6.07, 6.45) is 0. The Hall–Kier alpha value is -2.56. The molecule has 0 spiro atoms. The molecular weight excluding hydrogens is 269 g/mol. The van der Waals surface area contributed by atoms with E-state index in [1.165, 1.54) is 18.2 Å². The van der Waals surface area contributed by atoms with Crippen LogP contribution in [0, 0.1) is 5.82 Å². The van der Waals surface area contributed by atoms with Gasteiger partial charge in [-0.3, -0.25) is 4.79 Å². The van der Waals surface area contributed by atoms with E-state index in [1.807, 2.05) is 31.3 Å². The highest BCUT2D eigenvalue weighted by atomic mass is 19.1. The summed E-state index contributed by atoms with van der Waals surface area (Å²) in [4.78, 5) is 16.4. The van der Waals surface area contributed by atoms with E-state index >= 15 is 0 Å². The van der Waals surface area contributed by atoms with E-state index < -0.39 is 5.82 Å². The Kier molecular flexibility index (Phi) is 3.25. The number of nitrogen functional groups attached to an aromatic ring is 1. The number of rotatable bonds is 1. The molecule has 0 atom stereocenters. The predicted octanol–water partition coefficient (Wildman–Crippen LogP) is 2.50. The van der Waals surface area contributed by atoms with Crippen molar-refractivity contribution in [1.82, 2.24) is 0 Å². The van der Waals surface area contributed by atoms with Gasteiger partial charge in [0, 0.05) is 31.4 Å². The van der Waals surface area contributed by atoms with Crippen LogP contribution in [0.2, 0.25) is 0 Å². The van der Waals surface area contributed by atoms with Gasteiger partial charge in [0.05, 0.1) is 11.4 Å². The summed E-state index contributed by atoms with van der Waals surface area (Å²) in [7, 11) is 1.99. The highest BCUT2D eigenvalue weighted by molar-refractivity contribution is 6.08. The molecule has 5 heteroatoms. The summed E-state index contributed by atoms with van der Waals surface area (Å²) in [5.74, 6) is -0.734. The normalized spacial score (nSPS) is 14.0. The first-order valence-corrected chi connectivity index (χ1v) is 6.74. The molecule has 0 saturated heterocycles. The zero-order valence-electron chi connectivity index (χ0n) is 11.7. The van der Waals surface area contributed by atoms with Crippen molar-refractivity contribution in [3.05, 3.63) is 53.8 Å². The first-order valence-electron chi connectivity index (χ1n) is 6.74. The lowest BCUT2D eigenvalue weighted by Crippen LogP contribution is -2.42. The number of carbonyl (C=O) groups is 1. The summed E-state index contributed by atoms with van der Waals surface area (Å²) in [6.45, 7) is 1.29. The predicted molar refractivity (Wildman–Crippen MR) is 82.2 cm³/mol. The standard InChI is InChI=1S/C16H16FN3O/c1-19-6-7-20(15-5-3-2-4-14(15)19)16(21)11-8-12(17)10-13(18)9-11/h2-5,8-10H,6-7,18H2,1H3. The van der Waals surface area contributed by atoms with Crippen molar-refractivity contribution in [3.8, 4) is 0 Å². The minimum atomic E-state index is -0.499. The summed E-state index contributed by atoms with van der Waals surface area (Å²) in [5, 5.41) is 0. The van der Waals surface area contributed by atoms with Crippen LogP contribution in [0.5, 0.6) is 0 Å². The Bertz CT molecular complexity index is 681. The maximum absolute atomic E-state index is 13.5. The lowest BCUT2D eigenvalue weighted by molar-refractivity contribution is 0.0986. The number of carbonyl (C=O) groups excluding carboxylic acids is 1. The molecule has 1 heterocycles.